The van der Waals surface area contributed by atoms with E-state index in [-0.39, 0.29) is 31.5 Å². The minimum Gasteiger partial charge on any atom is -0.481 e. The summed E-state index contributed by atoms with van der Waals surface area (Å²) in [5.41, 5.74) is 5.38. The number of benzene rings is 3. The Bertz CT molecular complexity index is 1330. The highest BCUT2D eigenvalue weighted by Gasteiger charge is 2.37. The SMILES string of the molecule is CC(OCc1ccccc1)C(NC(=O)OCC1c2ccccc2-c2ccccc21)C(=O)N1CCCCC1CC(=O)O. The highest BCUT2D eigenvalue weighted by Crippen LogP contribution is 2.44. The van der Waals surface area contributed by atoms with Gasteiger partial charge >= 0.3 is 12.1 Å². The van der Waals surface area contributed by atoms with Gasteiger partial charge in [-0.05, 0) is 54.0 Å². The van der Waals surface area contributed by atoms with Gasteiger partial charge in [0.1, 0.15) is 12.6 Å². The van der Waals surface area contributed by atoms with Gasteiger partial charge in [-0.15, -0.1) is 0 Å². The van der Waals surface area contributed by atoms with E-state index in [1.807, 2.05) is 66.7 Å². The number of ether oxygens (including phenoxy) is 2. The zero-order valence-corrected chi connectivity index (χ0v) is 23.2. The maximum atomic E-state index is 13.8. The van der Waals surface area contributed by atoms with Crippen LogP contribution in [0.25, 0.3) is 11.1 Å². The van der Waals surface area contributed by atoms with Crippen molar-refractivity contribution < 1.29 is 29.0 Å². The Morgan fingerprint density at radius 2 is 1.56 bits per heavy atom. The summed E-state index contributed by atoms with van der Waals surface area (Å²) in [4.78, 5) is 40.2. The molecule has 214 valence electrons. The maximum absolute atomic E-state index is 13.8. The summed E-state index contributed by atoms with van der Waals surface area (Å²) in [5.74, 6) is -1.43. The van der Waals surface area contributed by atoms with Gasteiger partial charge in [0.25, 0.3) is 0 Å². The molecule has 1 aliphatic carbocycles. The van der Waals surface area contributed by atoms with Crippen LogP contribution in [-0.4, -0.2) is 59.3 Å². The van der Waals surface area contributed by atoms with Crippen LogP contribution in [0.15, 0.2) is 78.9 Å². The van der Waals surface area contributed by atoms with Crippen molar-refractivity contribution in [2.24, 2.45) is 0 Å². The second-order valence-corrected chi connectivity index (χ2v) is 10.7. The summed E-state index contributed by atoms with van der Waals surface area (Å²) < 4.78 is 11.8. The largest absolute Gasteiger partial charge is 0.481 e. The van der Waals surface area contributed by atoms with E-state index in [0.717, 1.165) is 40.7 Å². The number of hydrogen-bond acceptors (Lipinski definition) is 5. The lowest BCUT2D eigenvalue weighted by atomic mass is 9.97. The van der Waals surface area contributed by atoms with Gasteiger partial charge in [0, 0.05) is 18.5 Å². The van der Waals surface area contributed by atoms with Crippen molar-refractivity contribution >= 4 is 18.0 Å². The van der Waals surface area contributed by atoms with Crippen molar-refractivity contribution in [3.63, 3.8) is 0 Å². The topological polar surface area (TPSA) is 105 Å². The number of hydrogen-bond donors (Lipinski definition) is 2. The standard InChI is InChI=1S/C33H36N2O6/c1-22(40-20-23-11-3-2-4-12-23)31(32(38)35-18-10-9-13-24(35)19-30(36)37)34-33(39)41-21-29-27-16-7-5-14-25(27)26-15-6-8-17-28(26)29/h2-8,11-12,14-17,22,24,29,31H,9-10,13,18-21H2,1H3,(H,34,39)(H,36,37). The van der Waals surface area contributed by atoms with Crippen LogP contribution in [0, 0.1) is 0 Å². The van der Waals surface area contributed by atoms with Crippen molar-refractivity contribution in [1.82, 2.24) is 10.2 Å². The van der Waals surface area contributed by atoms with Gasteiger partial charge in [0.2, 0.25) is 5.91 Å². The Balaban J connectivity index is 1.30. The number of nitrogens with zero attached hydrogens (tertiary/aromatic N) is 1. The van der Waals surface area contributed by atoms with Gasteiger partial charge < -0.3 is 24.8 Å². The highest BCUT2D eigenvalue weighted by atomic mass is 16.5. The lowest BCUT2D eigenvalue weighted by Crippen LogP contribution is -2.58. The minimum absolute atomic E-state index is 0.115. The third-order valence-corrected chi connectivity index (χ3v) is 8.03. The van der Waals surface area contributed by atoms with Crippen molar-refractivity contribution in [3.8, 4) is 11.1 Å². The molecule has 8 nitrogen and oxygen atoms in total. The van der Waals surface area contributed by atoms with E-state index in [1.54, 1.807) is 11.8 Å². The first-order valence-electron chi connectivity index (χ1n) is 14.2. The Morgan fingerprint density at radius 1 is 0.927 bits per heavy atom. The summed E-state index contributed by atoms with van der Waals surface area (Å²) >= 11 is 0. The zero-order valence-electron chi connectivity index (χ0n) is 23.2. The number of aliphatic carboxylic acids is 1. The molecule has 2 aliphatic rings. The van der Waals surface area contributed by atoms with Crippen molar-refractivity contribution in [2.75, 3.05) is 13.2 Å². The van der Waals surface area contributed by atoms with E-state index in [1.165, 1.54) is 0 Å². The molecular weight excluding hydrogens is 520 g/mol. The number of amides is 2. The van der Waals surface area contributed by atoms with E-state index in [0.29, 0.717) is 13.0 Å². The van der Waals surface area contributed by atoms with Gasteiger partial charge in [-0.25, -0.2) is 4.79 Å². The second-order valence-electron chi connectivity index (χ2n) is 10.7. The van der Waals surface area contributed by atoms with Crippen LogP contribution in [0.1, 0.15) is 55.2 Å². The summed E-state index contributed by atoms with van der Waals surface area (Å²) in [6.45, 7) is 2.55. The van der Waals surface area contributed by atoms with Gasteiger partial charge in [-0.3, -0.25) is 9.59 Å². The van der Waals surface area contributed by atoms with Crippen molar-refractivity contribution in [2.45, 2.75) is 63.3 Å². The molecule has 2 amide bonds. The van der Waals surface area contributed by atoms with Gasteiger partial charge in [-0.1, -0.05) is 78.9 Å². The molecule has 1 saturated heterocycles. The predicted octanol–water partition coefficient (Wildman–Crippen LogP) is 5.35. The van der Waals surface area contributed by atoms with Crippen LogP contribution in [0.5, 0.6) is 0 Å². The van der Waals surface area contributed by atoms with Gasteiger partial charge in [0.05, 0.1) is 19.1 Å². The van der Waals surface area contributed by atoms with Crippen molar-refractivity contribution in [1.29, 1.82) is 0 Å². The van der Waals surface area contributed by atoms with E-state index >= 15 is 0 Å². The molecule has 0 spiro atoms. The molecular formula is C33H36N2O6. The number of alkyl carbamates (subject to hydrolysis) is 1. The Kier molecular flexibility index (Phi) is 8.99. The third-order valence-electron chi connectivity index (χ3n) is 8.03. The Morgan fingerprint density at radius 3 is 2.22 bits per heavy atom. The van der Waals surface area contributed by atoms with E-state index in [2.05, 4.69) is 17.4 Å². The molecule has 1 fully saturated rings. The van der Waals surface area contributed by atoms with E-state index in [9.17, 15) is 19.5 Å². The van der Waals surface area contributed by atoms with Crippen LogP contribution < -0.4 is 5.32 Å². The number of fused-ring (bicyclic) bond motifs is 3. The van der Waals surface area contributed by atoms with Gasteiger partial charge in [-0.2, -0.15) is 0 Å². The second kappa shape index (κ2) is 13.0. The molecule has 1 aliphatic heterocycles. The number of carbonyl (C=O) groups is 3. The first-order valence-corrected chi connectivity index (χ1v) is 14.2. The van der Waals surface area contributed by atoms with E-state index < -0.39 is 30.3 Å². The molecule has 5 rings (SSSR count). The molecule has 2 N–H and O–H groups in total. The fourth-order valence-electron chi connectivity index (χ4n) is 5.93. The summed E-state index contributed by atoms with van der Waals surface area (Å²) in [6.07, 6.45) is 0.700. The quantitative estimate of drug-likeness (QED) is 0.349. The minimum atomic E-state index is -1.04. The molecule has 3 aromatic carbocycles. The number of nitrogens with one attached hydrogen (secondary N) is 1. The smallest absolute Gasteiger partial charge is 0.407 e. The van der Waals surface area contributed by atoms with Crippen molar-refractivity contribution in [3.05, 3.63) is 95.6 Å². The first kappa shape index (κ1) is 28.4. The average Bonchev–Trinajstić information content (AvgIpc) is 3.31. The molecule has 41 heavy (non-hydrogen) atoms. The fraction of sp³-hybridized carbons (Fsp3) is 0.364. The lowest BCUT2D eigenvalue weighted by Gasteiger charge is -2.38. The van der Waals surface area contributed by atoms with Crippen LogP contribution in [-0.2, 0) is 25.7 Å². The number of piperidine rings is 1. The first-order chi connectivity index (χ1) is 19.9. The highest BCUT2D eigenvalue weighted by molar-refractivity contribution is 5.87. The average molecular weight is 557 g/mol. The molecule has 3 aromatic rings. The summed E-state index contributed by atoms with van der Waals surface area (Å²) in [5, 5.41) is 12.2. The normalized spacial score (nSPS) is 17.7. The van der Waals surface area contributed by atoms with Crippen LogP contribution >= 0.6 is 0 Å². The predicted molar refractivity (Wildman–Crippen MR) is 154 cm³/mol. The zero-order chi connectivity index (χ0) is 28.8. The molecule has 8 heteroatoms. The van der Waals surface area contributed by atoms with Crippen LogP contribution in [0.4, 0.5) is 4.79 Å². The number of likely N-dealkylation sites (tertiary alicyclic amines) is 1. The monoisotopic (exact) mass is 556 g/mol. The molecule has 0 aromatic heterocycles. The number of carboxylic acid groups (broad SMARTS) is 1. The number of carbonyl (C=O) groups excluding carboxylic acids is 2. The van der Waals surface area contributed by atoms with Crippen LogP contribution in [0.2, 0.25) is 0 Å². The van der Waals surface area contributed by atoms with Crippen LogP contribution in [0.3, 0.4) is 0 Å². The molecule has 1 heterocycles. The molecule has 3 atom stereocenters. The number of carboxylic acids is 1. The maximum Gasteiger partial charge on any atom is 0.407 e. The molecule has 0 saturated carbocycles. The van der Waals surface area contributed by atoms with E-state index in [4.69, 9.17) is 9.47 Å². The van der Waals surface area contributed by atoms with Gasteiger partial charge in [0.15, 0.2) is 0 Å². The Labute approximate surface area is 240 Å². The third kappa shape index (κ3) is 6.60. The summed E-state index contributed by atoms with van der Waals surface area (Å²) in [6, 6.07) is 24.3. The Hall–Kier alpha value is -4.17. The molecule has 0 bridgehead atoms. The fourth-order valence-corrected chi connectivity index (χ4v) is 5.93. The molecule has 0 radical (unpaired) electrons. The summed E-state index contributed by atoms with van der Waals surface area (Å²) in [7, 11) is 0. The lowest BCUT2D eigenvalue weighted by molar-refractivity contribution is -0.145. The number of rotatable bonds is 10. The molecule has 3 unspecified atom stereocenters.